The molecule has 0 bridgehead atoms. The molecule has 1 amide bonds. The monoisotopic (exact) mass is 447 g/mol. The molecule has 3 aliphatic rings. The van der Waals surface area contributed by atoms with Gasteiger partial charge in [-0.05, 0) is 12.8 Å². The fourth-order valence-corrected chi connectivity index (χ4v) is 4.89. The van der Waals surface area contributed by atoms with E-state index in [1.165, 1.54) is 13.8 Å². The highest BCUT2D eigenvalue weighted by Crippen LogP contribution is 2.46. The molecule has 2 N–H and O–H groups in total. The molecule has 4 rings (SSSR count). The molecule has 1 aliphatic heterocycles. The van der Waals surface area contributed by atoms with E-state index in [0.29, 0.717) is 18.4 Å². The van der Waals surface area contributed by atoms with Crippen LogP contribution in [0.4, 0.5) is 0 Å². The normalized spacial score (nSPS) is 31.5. The van der Waals surface area contributed by atoms with Crippen molar-refractivity contribution < 1.29 is 38.4 Å². The second kappa shape index (κ2) is 9.17. The highest BCUT2D eigenvalue weighted by atomic mass is 16.8. The van der Waals surface area contributed by atoms with E-state index in [1.807, 2.05) is 0 Å². The van der Waals surface area contributed by atoms with Gasteiger partial charge in [-0.15, -0.1) is 0 Å². The second-order valence-corrected chi connectivity index (χ2v) is 8.65. The molecule has 174 valence electrons. The molecule has 9 heteroatoms. The van der Waals surface area contributed by atoms with Gasteiger partial charge in [0.05, 0.1) is 6.04 Å². The fourth-order valence-electron chi connectivity index (χ4n) is 4.89. The fraction of sp³-hybridized carbons (Fsp3) is 0.609. The maximum atomic E-state index is 13.1. The molecular formula is C23H29NO8. The van der Waals surface area contributed by atoms with Crippen LogP contribution in [0.1, 0.15) is 57.6 Å². The second-order valence-electron chi connectivity index (χ2n) is 8.65. The van der Waals surface area contributed by atoms with Crippen LogP contribution in [0.2, 0.25) is 0 Å². The number of ether oxygens (including phenoxy) is 4. The van der Waals surface area contributed by atoms with Crippen LogP contribution in [0.5, 0.6) is 0 Å². The largest absolute Gasteiger partial charge is 0.454 e. The summed E-state index contributed by atoms with van der Waals surface area (Å²) in [5.41, 5.74) is 0.450. The van der Waals surface area contributed by atoms with Crippen molar-refractivity contribution in [2.45, 2.75) is 88.3 Å². The number of aliphatic hydroxyl groups excluding tert-OH is 1. The standard InChI is InChI=1S/C23H29NO8/c1-13(25)24-16-17(27)20-21(32-23(31-20)11-7-4-8-12-23)19(16)30-22(28)18(29-14(2)26)15-9-5-3-6-10-15/h3,5-6,9-10,16-21,27H,4,7-8,11-12H2,1-2H3,(H,24,25)/t16-,17-,18+,19+,20+,21-/m0/s1. The lowest BCUT2D eigenvalue weighted by molar-refractivity contribution is -0.220. The van der Waals surface area contributed by atoms with E-state index < -0.39 is 54.3 Å². The summed E-state index contributed by atoms with van der Waals surface area (Å²) < 4.78 is 23.4. The Labute approximate surface area is 186 Å². The summed E-state index contributed by atoms with van der Waals surface area (Å²) in [6, 6.07) is 7.60. The topological polar surface area (TPSA) is 120 Å². The van der Waals surface area contributed by atoms with Crippen molar-refractivity contribution in [3.05, 3.63) is 35.9 Å². The number of rotatable bonds is 5. The maximum absolute atomic E-state index is 13.1. The van der Waals surface area contributed by atoms with E-state index in [-0.39, 0.29) is 5.91 Å². The molecule has 6 atom stereocenters. The molecule has 1 heterocycles. The summed E-state index contributed by atoms with van der Waals surface area (Å²) in [5.74, 6) is -2.65. The van der Waals surface area contributed by atoms with Gasteiger partial charge in [0.15, 0.2) is 11.9 Å². The average molecular weight is 447 g/mol. The zero-order valence-electron chi connectivity index (χ0n) is 18.2. The van der Waals surface area contributed by atoms with E-state index in [1.54, 1.807) is 30.3 Å². The number of aliphatic hydroxyl groups is 1. The van der Waals surface area contributed by atoms with Crippen molar-refractivity contribution >= 4 is 17.8 Å². The van der Waals surface area contributed by atoms with Crippen molar-refractivity contribution in [1.29, 1.82) is 0 Å². The van der Waals surface area contributed by atoms with Gasteiger partial charge in [-0.3, -0.25) is 9.59 Å². The molecule has 1 aromatic carbocycles. The average Bonchev–Trinajstić information content (AvgIpc) is 3.22. The van der Waals surface area contributed by atoms with Crippen molar-refractivity contribution in [2.24, 2.45) is 0 Å². The number of carbonyl (C=O) groups is 3. The van der Waals surface area contributed by atoms with Gasteiger partial charge in [0, 0.05) is 32.3 Å². The lowest BCUT2D eigenvalue weighted by Gasteiger charge is -2.35. The molecule has 2 aliphatic carbocycles. The highest BCUT2D eigenvalue weighted by Gasteiger charge is 2.63. The first kappa shape index (κ1) is 22.7. The third-order valence-corrected chi connectivity index (χ3v) is 6.25. The Morgan fingerprint density at radius 2 is 1.72 bits per heavy atom. The van der Waals surface area contributed by atoms with E-state index in [0.717, 1.165) is 19.3 Å². The quantitative estimate of drug-likeness (QED) is 0.652. The zero-order valence-corrected chi connectivity index (χ0v) is 18.2. The summed E-state index contributed by atoms with van der Waals surface area (Å²) in [6.07, 6.45) is -0.550. The van der Waals surface area contributed by atoms with Crippen molar-refractivity contribution in [3.63, 3.8) is 0 Å². The van der Waals surface area contributed by atoms with Crippen molar-refractivity contribution in [1.82, 2.24) is 5.32 Å². The Bertz CT molecular complexity index is 853. The Morgan fingerprint density at radius 3 is 2.34 bits per heavy atom. The lowest BCUT2D eigenvalue weighted by atomic mass is 9.94. The van der Waals surface area contributed by atoms with Crippen LogP contribution >= 0.6 is 0 Å². The molecule has 0 aromatic heterocycles. The van der Waals surface area contributed by atoms with Gasteiger partial charge >= 0.3 is 11.9 Å². The summed E-state index contributed by atoms with van der Waals surface area (Å²) in [5, 5.41) is 13.6. The number of hydrogen-bond acceptors (Lipinski definition) is 8. The van der Waals surface area contributed by atoms with Crippen molar-refractivity contribution in [2.75, 3.05) is 0 Å². The van der Waals surface area contributed by atoms with Gasteiger partial charge in [-0.2, -0.15) is 0 Å². The van der Waals surface area contributed by atoms with Crippen LogP contribution < -0.4 is 5.32 Å². The minimum Gasteiger partial charge on any atom is -0.454 e. The molecule has 1 aromatic rings. The SMILES string of the molecule is CC(=O)N[C@H]1[C@H](O)[C@H]2OC3(CCCCC3)O[C@H]2[C@@H]1OC(=O)[C@H](OC(C)=O)c1ccccc1. The summed E-state index contributed by atoms with van der Waals surface area (Å²) in [4.78, 5) is 36.6. The van der Waals surface area contributed by atoms with Gasteiger partial charge in [0.2, 0.25) is 12.0 Å². The predicted octanol–water partition coefficient (Wildman–Crippen LogP) is 1.53. The first-order valence-electron chi connectivity index (χ1n) is 11.0. The van der Waals surface area contributed by atoms with Crippen LogP contribution in [-0.4, -0.2) is 59.2 Å². The molecule has 32 heavy (non-hydrogen) atoms. The van der Waals surface area contributed by atoms with E-state index >= 15 is 0 Å². The molecule has 1 spiro atoms. The number of nitrogens with one attached hydrogen (secondary N) is 1. The van der Waals surface area contributed by atoms with E-state index in [9.17, 15) is 19.5 Å². The number of benzene rings is 1. The Hall–Kier alpha value is -2.49. The number of amides is 1. The first-order chi connectivity index (χ1) is 15.3. The molecule has 0 radical (unpaired) electrons. The van der Waals surface area contributed by atoms with Gasteiger partial charge in [0.25, 0.3) is 0 Å². The molecule has 2 saturated carbocycles. The van der Waals surface area contributed by atoms with Gasteiger partial charge in [0.1, 0.15) is 18.3 Å². The van der Waals surface area contributed by atoms with Crippen LogP contribution in [0.15, 0.2) is 30.3 Å². The Kier molecular flexibility index (Phi) is 6.50. The number of fused-ring (bicyclic) bond motifs is 1. The minimum absolute atomic E-state index is 0.387. The van der Waals surface area contributed by atoms with E-state index in [4.69, 9.17) is 18.9 Å². The summed E-state index contributed by atoms with van der Waals surface area (Å²) in [7, 11) is 0. The maximum Gasteiger partial charge on any atom is 0.352 e. The zero-order chi connectivity index (χ0) is 22.9. The molecular weight excluding hydrogens is 418 g/mol. The molecule has 0 unspecified atom stereocenters. The van der Waals surface area contributed by atoms with Gasteiger partial charge < -0.3 is 29.4 Å². The summed E-state index contributed by atoms with van der Waals surface area (Å²) in [6.45, 7) is 2.52. The van der Waals surface area contributed by atoms with Crippen LogP contribution in [0.3, 0.4) is 0 Å². The van der Waals surface area contributed by atoms with Gasteiger partial charge in [-0.1, -0.05) is 36.8 Å². The Balaban J connectivity index is 1.58. The summed E-state index contributed by atoms with van der Waals surface area (Å²) >= 11 is 0. The molecule has 1 saturated heterocycles. The number of hydrogen-bond donors (Lipinski definition) is 2. The van der Waals surface area contributed by atoms with Crippen LogP contribution in [-0.2, 0) is 33.3 Å². The smallest absolute Gasteiger partial charge is 0.352 e. The minimum atomic E-state index is -1.28. The number of esters is 2. The highest BCUT2D eigenvalue weighted by molar-refractivity contribution is 5.80. The third-order valence-electron chi connectivity index (χ3n) is 6.25. The third kappa shape index (κ3) is 4.51. The molecule has 9 nitrogen and oxygen atoms in total. The first-order valence-corrected chi connectivity index (χ1v) is 11.0. The van der Waals surface area contributed by atoms with E-state index in [2.05, 4.69) is 5.32 Å². The van der Waals surface area contributed by atoms with Crippen LogP contribution in [0.25, 0.3) is 0 Å². The van der Waals surface area contributed by atoms with Crippen molar-refractivity contribution in [3.8, 4) is 0 Å². The van der Waals surface area contributed by atoms with Gasteiger partial charge in [-0.25, -0.2) is 4.79 Å². The Morgan fingerprint density at radius 1 is 1.06 bits per heavy atom. The number of carbonyl (C=O) groups excluding carboxylic acids is 3. The lowest BCUT2D eigenvalue weighted by Crippen LogP contribution is -2.51. The van der Waals surface area contributed by atoms with Crippen LogP contribution in [0, 0.1) is 0 Å². The molecule has 3 fully saturated rings. The predicted molar refractivity (Wildman–Crippen MR) is 110 cm³/mol.